The predicted molar refractivity (Wildman–Crippen MR) is 57.8 cm³/mol. The molecule has 7 heteroatoms. The molecule has 4 N–H and O–H groups in total. The van der Waals surface area contributed by atoms with Crippen molar-refractivity contribution in [3.8, 4) is 0 Å². The zero-order chi connectivity index (χ0) is 12.1. The molecule has 0 saturated heterocycles. The SMILES string of the molecule is O=C(O)c1cc(Cl)nc(NCC(O)CO)c1. The summed E-state index contributed by atoms with van der Waals surface area (Å²) in [6, 6.07) is 2.51. The molecule has 0 fully saturated rings. The van der Waals surface area contributed by atoms with Crippen LogP contribution in [-0.2, 0) is 0 Å². The maximum atomic E-state index is 10.7. The van der Waals surface area contributed by atoms with E-state index in [0.717, 1.165) is 0 Å². The zero-order valence-corrected chi connectivity index (χ0v) is 8.98. The van der Waals surface area contributed by atoms with E-state index in [4.69, 9.17) is 26.9 Å². The molecule has 0 bridgehead atoms. The van der Waals surface area contributed by atoms with E-state index < -0.39 is 12.1 Å². The Labute approximate surface area is 96.5 Å². The summed E-state index contributed by atoms with van der Waals surface area (Å²) in [6.07, 6.45) is -0.936. The number of rotatable bonds is 5. The van der Waals surface area contributed by atoms with E-state index in [1.165, 1.54) is 12.1 Å². The van der Waals surface area contributed by atoms with Gasteiger partial charge in [-0.2, -0.15) is 0 Å². The van der Waals surface area contributed by atoms with Crippen molar-refractivity contribution in [2.75, 3.05) is 18.5 Å². The van der Waals surface area contributed by atoms with E-state index in [1.807, 2.05) is 0 Å². The first-order valence-electron chi connectivity index (χ1n) is 4.46. The van der Waals surface area contributed by atoms with Gasteiger partial charge in [-0.15, -0.1) is 0 Å². The van der Waals surface area contributed by atoms with Crippen molar-refractivity contribution in [3.05, 3.63) is 22.8 Å². The van der Waals surface area contributed by atoms with Crippen LogP contribution in [0.5, 0.6) is 0 Å². The lowest BCUT2D eigenvalue weighted by molar-refractivity contribution is 0.0697. The molecule has 1 unspecified atom stereocenters. The monoisotopic (exact) mass is 246 g/mol. The number of aliphatic hydroxyl groups is 2. The van der Waals surface area contributed by atoms with Crippen LogP contribution in [0, 0.1) is 0 Å². The molecule has 1 atom stereocenters. The van der Waals surface area contributed by atoms with Crippen LogP contribution in [0.15, 0.2) is 12.1 Å². The number of aromatic nitrogens is 1. The van der Waals surface area contributed by atoms with E-state index in [2.05, 4.69) is 10.3 Å². The molecule has 0 aromatic carbocycles. The van der Waals surface area contributed by atoms with Gasteiger partial charge in [-0.1, -0.05) is 11.6 Å². The molecular formula is C9H11ClN2O4. The number of nitrogens with one attached hydrogen (secondary N) is 1. The van der Waals surface area contributed by atoms with Crippen LogP contribution in [0.1, 0.15) is 10.4 Å². The number of carboxylic acid groups (broad SMARTS) is 1. The predicted octanol–water partition coefficient (Wildman–Crippen LogP) is 0.198. The summed E-state index contributed by atoms with van der Waals surface area (Å²) in [4.78, 5) is 14.5. The van der Waals surface area contributed by atoms with E-state index in [-0.39, 0.29) is 29.7 Å². The molecule has 88 valence electrons. The Morgan fingerprint density at radius 1 is 1.56 bits per heavy atom. The van der Waals surface area contributed by atoms with Gasteiger partial charge in [0.15, 0.2) is 0 Å². The highest BCUT2D eigenvalue weighted by Crippen LogP contribution is 2.14. The van der Waals surface area contributed by atoms with Crippen LogP contribution in [-0.4, -0.2) is 45.5 Å². The van der Waals surface area contributed by atoms with Crippen LogP contribution in [0.25, 0.3) is 0 Å². The number of anilines is 1. The second kappa shape index (κ2) is 5.64. The number of nitrogens with zero attached hydrogens (tertiary/aromatic N) is 1. The van der Waals surface area contributed by atoms with Gasteiger partial charge in [0.1, 0.15) is 11.0 Å². The number of aromatic carboxylic acids is 1. The fraction of sp³-hybridized carbons (Fsp3) is 0.333. The third-order valence-corrected chi connectivity index (χ3v) is 1.96. The quantitative estimate of drug-likeness (QED) is 0.554. The molecule has 0 spiro atoms. The molecule has 1 rings (SSSR count). The molecule has 0 radical (unpaired) electrons. The van der Waals surface area contributed by atoms with Crippen molar-refractivity contribution in [1.82, 2.24) is 4.98 Å². The van der Waals surface area contributed by atoms with Crippen molar-refractivity contribution in [1.29, 1.82) is 0 Å². The first kappa shape index (κ1) is 12.7. The van der Waals surface area contributed by atoms with Crippen LogP contribution >= 0.6 is 11.6 Å². The number of hydrogen-bond acceptors (Lipinski definition) is 5. The lowest BCUT2D eigenvalue weighted by Gasteiger charge is -2.10. The van der Waals surface area contributed by atoms with Gasteiger partial charge in [0.05, 0.1) is 18.3 Å². The van der Waals surface area contributed by atoms with Gasteiger partial charge in [-0.05, 0) is 12.1 Å². The molecule has 1 aromatic rings. The van der Waals surface area contributed by atoms with Crippen LogP contribution in [0.2, 0.25) is 5.15 Å². The Kier molecular flexibility index (Phi) is 4.48. The number of hydrogen-bond donors (Lipinski definition) is 4. The summed E-state index contributed by atoms with van der Waals surface area (Å²) < 4.78 is 0. The van der Waals surface area contributed by atoms with Gasteiger partial charge in [-0.3, -0.25) is 0 Å². The zero-order valence-electron chi connectivity index (χ0n) is 8.22. The van der Waals surface area contributed by atoms with Gasteiger partial charge in [-0.25, -0.2) is 9.78 Å². The van der Waals surface area contributed by atoms with Gasteiger partial charge in [0, 0.05) is 6.54 Å². The van der Waals surface area contributed by atoms with Gasteiger partial charge in [0.2, 0.25) is 0 Å². The summed E-state index contributed by atoms with van der Waals surface area (Å²) >= 11 is 5.62. The van der Waals surface area contributed by atoms with Crippen molar-refractivity contribution in [3.63, 3.8) is 0 Å². The molecule has 16 heavy (non-hydrogen) atoms. The van der Waals surface area contributed by atoms with Gasteiger partial charge in [0.25, 0.3) is 0 Å². The first-order valence-corrected chi connectivity index (χ1v) is 4.84. The number of pyridine rings is 1. The van der Waals surface area contributed by atoms with Gasteiger partial charge < -0.3 is 20.6 Å². The van der Waals surface area contributed by atoms with E-state index >= 15 is 0 Å². The fourth-order valence-electron chi connectivity index (χ4n) is 0.998. The molecule has 0 amide bonds. The topological polar surface area (TPSA) is 103 Å². The van der Waals surface area contributed by atoms with Crippen LogP contribution < -0.4 is 5.32 Å². The largest absolute Gasteiger partial charge is 0.478 e. The van der Waals surface area contributed by atoms with Crippen molar-refractivity contribution in [2.24, 2.45) is 0 Å². The third kappa shape index (κ3) is 3.65. The summed E-state index contributed by atoms with van der Waals surface area (Å²) in [6.45, 7) is -0.331. The molecule has 1 heterocycles. The van der Waals surface area contributed by atoms with Crippen LogP contribution in [0.4, 0.5) is 5.82 Å². The second-order valence-electron chi connectivity index (χ2n) is 3.09. The molecule has 1 aromatic heterocycles. The lowest BCUT2D eigenvalue weighted by atomic mass is 10.2. The average molecular weight is 247 g/mol. The first-order chi connectivity index (χ1) is 7.52. The fourth-order valence-corrected chi connectivity index (χ4v) is 1.21. The normalized spacial score (nSPS) is 12.2. The average Bonchev–Trinajstić information content (AvgIpc) is 2.25. The smallest absolute Gasteiger partial charge is 0.335 e. The summed E-state index contributed by atoms with van der Waals surface area (Å²) in [5.41, 5.74) is 0.000915. The Morgan fingerprint density at radius 2 is 2.25 bits per heavy atom. The van der Waals surface area contributed by atoms with E-state index in [9.17, 15) is 4.79 Å². The van der Waals surface area contributed by atoms with E-state index in [0.29, 0.717) is 0 Å². The highest BCUT2D eigenvalue weighted by molar-refractivity contribution is 6.29. The minimum Gasteiger partial charge on any atom is -0.478 e. The Morgan fingerprint density at radius 3 is 2.81 bits per heavy atom. The Bertz CT molecular complexity index is 386. The highest BCUT2D eigenvalue weighted by atomic mass is 35.5. The molecule has 0 aliphatic carbocycles. The van der Waals surface area contributed by atoms with Crippen LogP contribution in [0.3, 0.4) is 0 Å². The number of halogens is 1. The van der Waals surface area contributed by atoms with E-state index in [1.54, 1.807) is 0 Å². The minimum atomic E-state index is -1.12. The van der Waals surface area contributed by atoms with Gasteiger partial charge >= 0.3 is 5.97 Å². The second-order valence-corrected chi connectivity index (χ2v) is 3.47. The molecule has 0 aliphatic heterocycles. The summed E-state index contributed by atoms with van der Waals surface area (Å²) in [5, 5.41) is 29.1. The lowest BCUT2D eigenvalue weighted by Crippen LogP contribution is -2.23. The maximum absolute atomic E-state index is 10.7. The standard InChI is InChI=1S/C9H11ClN2O4/c10-7-1-5(9(15)16)2-8(12-7)11-3-6(14)4-13/h1-2,6,13-14H,3-4H2,(H,11,12)(H,15,16). The molecule has 0 saturated carbocycles. The van der Waals surface area contributed by atoms with Crippen molar-refractivity contribution < 1.29 is 20.1 Å². The minimum absolute atomic E-state index is 0.000915. The van der Waals surface area contributed by atoms with Crippen molar-refractivity contribution in [2.45, 2.75) is 6.10 Å². The molecular weight excluding hydrogens is 236 g/mol. The summed E-state index contributed by atoms with van der Waals surface area (Å²) in [5.74, 6) is -0.882. The van der Waals surface area contributed by atoms with Crippen molar-refractivity contribution >= 4 is 23.4 Å². The molecule has 6 nitrogen and oxygen atoms in total. The third-order valence-electron chi connectivity index (χ3n) is 1.77. The Balaban J connectivity index is 2.76. The Hall–Kier alpha value is -1.37. The number of carbonyl (C=O) groups is 1. The number of aliphatic hydroxyl groups excluding tert-OH is 2. The highest BCUT2D eigenvalue weighted by Gasteiger charge is 2.08. The summed E-state index contributed by atoms with van der Waals surface area (Å²) in [7, 11) is 0. The molecule has 0 aliphatic rings. The maximum Gasteiger partial charge on any atom is 0.335 e. The number of carboxylic acids is 1.